The molecule has 1 atom stereocenters. The van der Waals surface area contributed by atoms with Gasteiger partial charge in [-0.3, -0.25) is 9.59 Å². The second-order valence-electron chi connectivity index (χ2n) is 5.86. The van der Waals surface area contributed by atoms with Gasteiger partial charge in [0.25, 0.3) is 11.8 Å². The zero-order valence-corrected chi connectivity index (χ0v) is 15.8. The number of halogens is 1. The molecule has 1 saturated heterocycles. The van der Waals surface area contributed by atoms with Crippen LogP contribution in [0.25, 0.3) is 0 Å². The summed E-state index contributed by atoms with van der Waals surface area (Å²) in [6.07, 6.45) is 2.12. The summed E-state index contributed by atoms with van der Waals surface area (Å²) < 4.78 is 6.38. The minimum absolute atomic E-state index is 0.104. The molecule has 2 amide bonds. The van der Waals surface area contributed by atoms with Crippen molar-refractivity contribution in [3.05, 3.63) is 63.2 Å². The van der Waals surface area contributed by atoms with Gasteiger partial charge >= 0.3 is 0 Å². The van der Waals surface area contributed by atoms with Crippen LogP contribution in [0.3, 0.4) is 0 Å². The Morgan fingerprint density at radius 3 is 2.72 bits per heavy atom. The smallest absolute Gasteiger partial charge is 0.256 e. The minimum Gasteiger partial charge on any atom is -0.376 e. The Hall–Kier alpha value is -1.93. The average Bonchev–Trinajstić information content (AvgIpc) is 3.14. The number of amides is 2. The molecule has 0 bridgehead atoms. The monoisotopic (exact) mass is 450 g/mol. The number of ether oxygens (including phenoxy) is 1. The maximum atomic E-state index is 12.4. The molecule has 0 aliphatic carbocycles. The summed E-state index contributed by atoms with van der Waals surface area (Å²) in [5.74, 6) is -0.359. The van der Waals surface area contributed by atoms with Gasteiger partial charge in [-0.2, -0.15) is 0 Å². The molecule has 1 fully saturated rings. The van der Waals surface area contributed by atoms with E-state index in [1.807, 2.05) is 18.2 Å². The highest BCUT2D eigenvalue weighted by molar-refractivity contribution is 14.1. The molecule has 1 aliphatic heterocycles. The first-order valence-electron chi connectivity index (χ1n) is 8.19. The Labute approximate surface area is 160 Å². The summed E-state index contributed by atoms with van der Waals surface area (Å²) in [4.78, 5) is 24.7. The fourth-order valence-electron chi connectivity index (χ4n) is 2.70. The van der Waals surface area contributed by atoms with E-state index in [1.54, 1.807) is 30.3 Å². The molecular weight excluding hydrogens is 431 g/mol. The van der Waals surface area contributed by atoms with Gasteiger partial charge in [0.2, 0.25) is 0 Å². The lowest BCUT2D eigenvalue weighted by molar-refractivity contribution is 0.0857. The van der Waals surface area contributed by atoms with Crippen LogP contribution < -0.4 is 10.6 Å². The highest BCUT2D eigenvalue weighted by Crippen LogP contribution is 2.16. The van der Waals surface area contributed by atoms with E-state index in [-0.39, 0.29) is 17.9 Å². The molecule has 2 aromatic carbocycles. The van der Waals surface area contributed by atoms with E-state index in [4.69, 9.17) is 4.74 Å². The largest absolute Gasteiger partial charge is 0.376 e. The number of hydrogen-bond acceptors (Lipinski definition) is 3. The van der Waals surface area contributed by atoms with Gasteiger partial charge in [0, 0.05) is 28.0 Å². The van der Waals surface area contributed by atoms with E-state index in [0.717, 1.165) is 23.0 Å². The highest BCUT2D eigenvalue weighted by Gasteiger charge is 2.17. The lowest BCUT2D eigenvalue weighted by atomic mass is 10.1. The summed E-state index contributed by atoms with van der Waals surface area (Å²) >= 11 is 2.13. The van der Waals surface area contributed by atoms with Crippen LogP contribution in [0, 0.1) is 3.57 Å². The third-order valence-electron chi connectivity index (χ3n) is 4.02. The SMILES string of the molecule is O=C(NCC1CCCO1)c1cccc(NC(=O)c2ccccc2I)c1. The van der Waals surface area contributed by atoms with Crippen LogP contribution in [0.2, 0.25) is 0 Å². The molecule has 130 valence electrons. The van der Waals surface area contributed by atoms with Gasteiger partial charge in [0.05, 0.1) is 11.7 Å². The van der Waals surface area contributed by atoms with E-state index in [1.165, 1.54) is 0 Å². The summed E-state index contributed by atoms with van der Waals surface area (Å²) in [6, 6.07) is 14.3. The molecule has 2 N–H and O–H groups in total. The zero-order valence-electron chi connectivity index (χ0n) is 13.6. The van der Waals surface area contributed by atoms with Crippen LogP contribution in [0.15, 0.2) is 48.5 Å². The van der Waals surface area contributed by atoms with Crippen LogP contribution in [-0.4, -0.2) is 31.1 Å². The van der Waals surface area contributed by atoms with Crippen molar-refractivity contribution in [1.29, 1.82) is 0 Å². The van der Waals surface area contributed by atoms with Crippen molar-refractivity contribution < 1.29 is 14.3 Å². The fourth-order valence-corrected chi connectivity index (χ4v) is 3.33. The number of hydrogen-bond donors (Lipinski definition) is 2. The molecule has 1 heterocycles. The van der Waals surface area contributed by atoms with Crippen molar-refractivity contribution in [2.75, 3.05) is 18.5 Å². The number of carbonyl (C=O) groups excluding carboxylic acids is 2. The molecule has 1 unspecified atom stereocenters. The predicted octanol–water partition coefficient (Wildman–Crippen LogP) is 3.45. The third kappa shape index (κ3) is 4.79. The average molecular weight is 450 g/mol. The van der Waals surface area contributed by atoms with E-state index < -0.39 is 0 Å². The summed E-state index contributed by atoms with van der Waals surface area (Å²) in [5, 5.41) is 5.73. The Morgan fingerprint density at radius 2 is 1.96 bits per heavy atom. The standard InChI is InChI=1S/C19H19IN2O3/c20-17-9-2-1-8-16(17)19(24)22-14-6-3-5-13(11-14)18(23)21-12-15-7-4-10-25-15/h1-3,5-6,8-9,11,15H,4,7,10,12H2,(H,21,23)(H,22,24). The van der Waals surface area contributed by atoms with Crippen LogP contribution in [0.5, 0.6) is 0 Å². The molecule has 0 radical (unpaired) electrons. The van der Waals surface area contributed by atoms with Crippen molar-refractivity contribution in [2.24, 2.45) is 0 Å². The van der Waals surface area contributed by atoms with Gasteiger partial charge in [0.15, 0.2) is 0 Å². The maximum Gasteiger partial charge on any atom is 0.256 e. The number of carbonyl (C=O) groups is 2. The number of nitrogens with one attached hydrogen (secondary N) is 2. The number of rotatable bonds is 5. The van der Waals surface area contributed by atoms with Gasteiger partial charge in [-0.05, 0) is 65.8 Å². The quantitative estimate of drug-likeness (QED) is 0.686. The Kier molecular flexibility index (Phi) is 6.04. The maximum absolute atomic E-state index is 12.4. The predicted molar refractivity (Wildman–Crippen MR) is 105 cm³/mol. The highest BCUT2D eigenvalue weighted by atomic mass is 127. The van der Waals surface area contributed by atoms with E-state index in [0.29, 0.717) is 23.4 Å². The van der Waals surface area contributed by atoms with E-state index >= 15 is 0 Å². The van der Waals surface area contributed by atoms with Crippen molar-refractivity contribution in [1.82, 2.24) is 5.32 Å². The fraction of sp³-hybridized carbons (Fsp3) is 0.263. The second kappa shape index (κ2) is 8.44. The van der Waals surface area contributed by atoms with E-state index in [2.05, 4.69) is 33.2 Å². The minimum atomic E-state index is -0.193. The van der Waals surface area contributed by atoms with Crippen LogP contribution in [0.4, 0.5) is 5.69 Å². The Morgan fingerprint density at radius 1 is 1.12 bits per heavy atom. The molecular formula is C19H19IN2O3. The van der Waals surface area contributed by atoms with Crippen LogP contribution >= 0.6 is 22.6 Å². The second-order valence-corrected chi connectivity index (χ2v) is 7.02. The van der Waals surface area contributed by atoms with Crippen LogP contribution in [-0.2, 0) is 4.74 Å². The van der Waals surface area contributed by atoms with Crippen molar-refractivity contribution >= 4 is 40.1 Å². The first-order chi connectivity index (χ1) is 12.1. The summed E-state index contributed by atoms with van der Waals surface area (Å²) in [5.41, 5.74) is 1.71. The molecule has 0 saturated carbocycles. The lowest BCUT2D eigenvalue weighted by Crippen LogP contribution is -2.31. The van der Waals surface area contributed by atoms with Gasteiger partial charge in [-0.25, -0.2) is 0 Å². The van der Waals surface area contributed by atoms with E-state index in [9.17, 15) is 9.59 Å². The van der Waals surface area contributed by atoms with Gasteiger partial charge < -0.3 is 15.4 Å². The lowest BCUT2D eigenvalue weighted by Gasteiger charge is -2.12. The van der Waals surface area contributed by atoms with Gasteiger partial charge in [-0.15, -0.1) is 0 Å². The van der Waals surface area contributed by atoms with Gasteiger partial charge in [-0.1, -0.05) is 18.2 Å². The molecule has 1 aliphatic rings. The molecule has 5 nitrogen and oxygen atoms in total. The first-order valence-corrected chi connectivity index (χ1v) is 9.27. The molecule has 0 aromatic heterocycles. The van der Waals surface area contributed by atoms with Gasteiger partial charge in [0.1, 0.15) is 0 Å². The number of anilines is 1. The van der Waals surface area contributed by atoms with Crippen LogP contribution in [0.1, 0.15) is 33.6 Å². The molecule has 2 aromatic rings. The summed E-state index contributed by atoms with van der Waals surface area (Å²) in [7, 11) is 0. The molecule has 0 spiro atoms. The van der Waals surface area contributed by atoms with Crippen molar-refractivity contribution in [2.45, 2.75) is 18.9 Å². The van der Waals surface area contributed by atoms with Crippen molar-refractivity contribution in [3.8, 4) is 0 Å². The Bertz CT molecular complexity index is 773. The third-order valence-corrected chi connectivity index (χ3v) is 4.96. The molecule has 3 rings (SSSR count). The zero-order chi connectivity index (χ0) is 17.6. The number of benzene rings is 2. The summed E-state index contributed by atoms with van der Waals surface area (Å²) in [6.45, 7) is 1.28. The van der Waals surface area contributed by atoms with Crippen molar-refractivity contribution in [3.63, 3.8) is 0 Å². The topological polar surface area (TPSA) is 67.4 Å². The Balaban J connectivity index is 1.63. The normalized spacial score (nSPS) is 16.4. The molecule has 25 heavy (non-hydrogen) atoms. The first kappa shape index (κ1) is 17.9. The molecule has 6 heteroatoms.